The first-order valence-electron chi connectivity index (χ1n) is 21.3. The predicted octanol–water partition coefficient (Wildman–Crippen LogP) is 6.97. The second-order valence-electron chi connectivity index (χ2n) is 17.4. The molecule has 0 aromatic heterocycles. The van der Waals surface area contributed by atoms with E-state index in [1.165, 1.54) is 0 Å². The fourth-order valence-corrected chi connectivity index (χ4v) is 7.00. The Kier molecular flexibility index (Phi) is 22.5. The molecule has 12 heteroatoms. The molecule has 12 nitrogen and oxygen atoms in total. The summed E-state index contributed by atoms with van der Waals surface area (Å²) in [7, 11) is 0. The zero-order chi connectivity index (χ0) is 40.9. The number of aliphatic hydroxyl groups excluding tert-OH is 1. The van der Waals surface area contributed by atoms with Crippen LogP contribution in [-0.4, -0.2) is 87.7 Å². The predicted molar refractivity (Wildman–Crippen MR) is 210 cm³/mol. The van der Waals surface area contributed by atoms with Crippen LogP contribution >= 0.6 is 0 Å². The molecule has 0 bridgehead atoms. The highest BCUT2D eigenvalue weighted by atomic mass is 16.6. The monoisotopic (exact) mass is 782 g/mol. The van der Waals surface area contributed by atoms with E-state index in [0.717, 1.165) is 83.5 Å². The van der Waals surface area contributed by atoms with Crippen LogP contribution < -0.4 is 5.32 Å². The maximum absolute atomic E-state index is 13.0. The fourth-order valence-electron chi connectivity index (χ4n) is 7.00. The van der Waals surface area contributed by atoms with Crippen molar-refractivity contribution in [3.63, 3.8) is 0 Å². The molecule has 2 fully saturated rings. The second kappa shape index (κ2) is 25.5. The number of hydrogen-bond donors (Lipinski definition) is 2. The van der Waals surface area contributed by atoms with Gasteiger partial charge in [-0.1, -0.05) is 60.8 Å². The minimum Gasteiger partial charge on any atom is -0.465 e. The molecule has 2 rings (SSSR count). The van der Waals surface area contributed by atoms with Crippen LogP contribution in [0.2, 0.25) is 0 Å². The Morgan fingerprint density at radius 3 is 1.47 bits per heavy atom. The molecule has 0 aliphatic heterocycles. The number of ether oxygens (including phenoxy) is 5. The maximum atomic E-state index is 13.0. The third-order valence-electron chi connectivity index (χ3n) is 12.0. The van der Waals surface area contributed by atoms with E-state index in [4.69, 9.17) is 23.7 Å². The van der Waals surface area contributed by atoms with Crippen molar-refractivity contribution >= 4 is 29.8 Å². The van der Waals surface area contributed by atoms with E-state index in [9.17, 15) is 29.1 Å². The minimum atomic E-state index is -0.926. The van der Waals surface area contributed by atoms with Gasteiger partial charge in [0.25, 0.3) is 0 Å². The highest BCUT2D eigenvalue weighted by Crippen LogP contribution is 2.33. The number of carbonyl (C=O) groups is 5. The van der Waals surface area contributed by atoms with Crippen molar-refractivity contribution in [3.05, 3.63) is 0 Å². The van der Waals surface area contributed by atoms with Crippen LogP contribution in [0.1, 0.15) is 145 Å². The van der Waals surface area contributed by atoms with Gasteiger partial charge in [0.15, 0.2) is 0 Å². The Labute approximate surface area is 331 Å². The van der Waals surface area contributed by atoms with Gasteiger partial charge in [-0.05, 0) is 88.9 Å². The van der Waals surface area contributed by atoms with E-state index in [-0.39, 0.29) is 101 Å². The summed E-state index contributed by atoms with van der Waals surface area (Å²) in [6.07, 6.45) is 12.3. The van der Waals surface area contributed by atoms with Crippen LogP contribution in [0.5, 0.6) is 0 Å². The lowest BCUT2D eigenvalue weighted by Gasteiger charge is -2.31. The normalized spacial score (nSPS) is 23.3. The smallest absolute Gasteiger partial charge is 0.308 e. The van der Waals surface area contributed by atoms with Crippen molar-refractivity contribution in [2.45, 2.75) is 145 Å². The average molecular weight is 782 g/mol. The molecule has 0 amide bonds. The van der Waals surface area contributed by atoms with Gasteiger partial charge in [0.05, 0.1) is 48.0 Å². The summed E-state index contributed by atoms with van der Waals surface area (Å²) in [4.78, 5) is 63.5. The van der Waals surface area contributed by atoms with Crippen molar-refractivity contribution < 1.29 is 52.8 Å². The standard InChI is InChI=1S/C43H75NO11/c1-8-31(4)11-12-32(5)39(48)53-29-43(7,30-55-41(50)36-19-15-34(10-3)16-20-36)28-52-38(47)22-24-44-23-21-37(46)51-26-42(6,25-45)27-54-40(49)35-17-13-33(9-2)14-18-35/h31-36,44-45H,8-30H2,1-7H3. The molecule has 0 heterocycles. The van der Waals surface area contributed by atoms with Gasteiger partial charge in [0.1, 0.15) is 33.0 Å². The molecule has 2 saturated carbocycles. The summed E-state index contributed by atoms with van der Waals surface area (Å²) in [5.74, 6) is -0.494. The third kappa shape index (κ3) is 18.8. The van der Waals surface area contributed by atoms with Crippen LogP contribution in [0.3, 0.4) is 0 Å². The van der Waals surface area contributed by atoms with Gasteiger partial charge in [0.2, 0.25) is 0 Å². The molecule has 0 radical (unpaired) electrons. The summed E-state index contributed by atoms with van der Waals surface area (Å²) >= 11 is 0. The number of esters is 5. The zero-order valence-electron chi connectivity index (χ0n) is 35.3. The first kappa shape index (κ1) is 48.4. The molecule has 0 saturated heterocycles. The van der Waals surface area contributed by atoms with Gasteiger partial charge in [-0.25, -0.2) is 0 Å². The van der Waals surface area contributed by atoms with Crippen LogP contribution in [0.25, 0.3) is 0 Å². The summed E-state index contributed by atoms with van der Waals surface area (Å²) in [5, 5.41) is 13.0. The van der Waals surface area contributed by atoms with Gasteiger partial charge >= 0.3 is 29.8 Å². The lowest BCUT2D eigenvalue weighted by atomic mass is 9.81. The summed E-state index contributed by atoms with van der Waals surface area (Å²) < 4.78 is 28.0. The molecule has 0 aromatic carbocycles. The molecule has 0 spiro atoms. The average Bonchev–Trinajstić information content (AvgIpc) is 3.21. The van der Waals surface area contributed by atoms with Crippen LogP contribution in [0.15, 0.2) is 0 Å². The Bertz CT molecular complexity index is 1160. The van der Waals surface area contributed by atoms with Gasteiger partial charge < -0.3 is 34.1 Å². The lowest BCUT2D eigenvalue weighted by molar-refractivity contribution is -0.165. The van der Waals surface area contributed by atoms with E-state index in [0.29, 0.717) is 17.8 Å². The Balaban J connectivity index is 1.75. The minimum absolute atomic E-state index is 0.0338. The second-order valence-corrected chi connectivity index (χ2v) is 17.4. The van der Waals surface area contributed by atoms with Crippen molar-refractivity contribution in [2.75, 3.05) is 52.7 Å². The first-order valence-corrected chi connectivity index (χ1v) is 21.3. The quantitative estimate of drug-likeness (QED) is 0.0527. The molecule has 2 aliphatic carbocycles. The zero-order valence-corrected chi connectivity index (χ0v) is 35.3. The van der Waals surface area contributed by atoms with Gasteiger partial charge in [0, 0.05) is 13.1 Å². The number of carbonyl (C=O) groups excluding carboxylic acids is 5. The van der Waals surface area contributed by atoms with E-state index < -0.39 is 22.8 Å². The maximum Gasteiger partial charge on any atom is 0.308 e. The van der Waals surface area contributed by atoms with Crippen LogP contribution in [-0.2, 0) is 47.7 Å². The van der Waals surface area contributed by atoms with Crippen LogP contribution in [0, 0.1) is 46.3 Å². The van der Waals surface area contributed by atoms with Crippen molar-refractivity contribution in [2.24, 2.45) is 46.3 Å². The van der Waals surface area contributed by atoms with Gasteiger partial charge in [-0.3, -0.25) is 24.0 Å². The number of nitrogens with one attached hydrogen (secondary N) is 1. The van der Waals surface area contributed by atoms with E-state index in [1.54, 1.807) is 13.8 Å². The number of hydrogen-bond acceptors (Lipinski definition) is 12. The molecule has 0 aromatic rings. The Morgan fingerprint density at radius 2 is 1.04 bits per heavy atom. The third-order valence-corrected chi connectivity index (χ3v) is 12.0. The molecule has 55 heavy (non-hydrogen) atoms. The Hall–Kier alpha value is -2.73. The number of rotatable bonds is 26. The molecule has 2 N–H and O–H groups in total. The van der Waals surface area contributed by atoms with E-state index in [2.05, 4.69) is 33.0 Å². The fraction of sp³-hybridized carbons (Fsp3) is 0.884. The summed E-state index contributed by atoms with van der Waals surface area (Å²) in [6.45, 7) is 13.9. The number of aliphatic hydroxyl groups is 1. The molecular formula is C43H75NO11. The first-order chi connectivity index (χ1) is 26.2. The van der Waals surface area contributed by atoms with Crippen molar-refractivity contribution in [1.82, 2.24) is 5.32 Å². The van der Waals surface area contributed by atoms with E-state index >= 15 is 0 Å². The topological polar surface area (TPSA) is 164 Å². The van der Waals surface area contributed by atoms with Gasteiger partial charge in [-0.15, -0.1) is 0 Å². The molecule has 318 valence electrons. The summed E-state index contributed by atoms with van der Waals surface area (Å²) in [5.41, 5.74) is -1.83. The highest BCUT2D eigenvalue weighted by Gasteiger charge is 2.35. The lowest BCUT2D eigenvalue weighted by Crippen LogP contribution is -2.38. The highest BCUT2D eigenvalue weighted by molar-refractivity contribution is 5.73. The molecule has 4 unspecified atom stereocenters. The molecule has 4 atom stereocenters. The summed E-state index contributed by atoms with van der Waals surface area (Å²) in [6, 6.07) is 0. The SMILES string of the molecule is CCC(C)CCC(C)C(=O)OCC(C)(COC(=O)CCNCCC(=O)OCC(C)(CO)COC(=O)C1CCC(CC)CC1)COC(=O)C1CCC(CC)CC1. The van der Waals surface area contributed by atoms with Crippen molar-refractivity contribution in [1.29, 1.82) is 0 Å². The van der Waals surface area contributed by atoms with Crippen LogP contribution in [0.4, 0.5) is 0 Å². The van der Waals surface area contributed by atoms with E-state index in [1.807, 2.05) is 6.92 Å². The largest absolute Gasteiger partial charge is 0.465 e. The van der Waals surface area contributed by atoms with Gasteiger partial charge in [-0.2, -0.15) is 0 Å². The Morgan fingerprint density at radius 1 is 0.618 bits per heavy atom. The molecule has 2 aliphatic rings. The molecular weight excluding hydrogens is 706 g/mol. The van der Waals surface area contributed by atoms with Crippen molar-refractivity contribution in [3.8, 4) is 0 Å².